The van der Waals surface area contributed by atoms with Gasteiger partial charge in [0, 0.05) is 45.3 Å². The summed E-state index contributed by atoms with van der Waals surface area (Å²) in [7, 11) is -11.2. The van der Waals surface area contributed by atoms with E-state index in [0.29, 0.717) is 28.1 Å². The number of hydrogen-bond donors (Lipinski definition) is 4. The Morgan fingerprint density at radius 3 is 1.71 bits per heavy atom. The summed E-state index contributed by atoms with van der Waals surface area (Å²) in [5.41, 5.74) is 5.92. The zero-order chi connectivity index (χ0) is 47.7. The molecular formula is C51H53F3N4O6S2. The van der Waals surface area contributed by atoms with Crippen molar-refractivity contribution < 1.29 is 39.5 Å². The second kappa shape index (κ2) is 19.0. The minimum absolute atomic E-state index is 0.0805. The molecule has 346 valence electrons. The van der Waals surface area contributed by atoms with Crippen LogP contribution in [0.15, 0.2) is 126 Å². The lowest BCUT2D eigenvalue weighted by Crippen LogP contribution is -2.40. The topological polar surface area (TPSA) is 143 Å². The quantitative estimate of drug-likeness (QED) is 0.0477. The SMILES string of the molecule is C=C(C)C(=O)OC1CCCCC1Nc1ccc(C(c2ccc(Nc3c(C)cc(C)cc3C)cc2)c2ccc(Nc3c(C)cc(S(=O)(=O)NS(=O)(=O)C(F)(F)F)cc3C)cc2)c2ccccc12. The van der Waals surface area contributed by atoms with Crippen molar-refractivity contribution >= 4 is 65.2 Å². The Morgan fingerprint density at radius 2 is 1.20 bits per heavy atom. The third kappa shape index (κ3) is 10.4. The Kier molecular flexibility index (Phi) is 13.7. The van der Waals surface area contributed by atoms with Gasteiger partial charge in [0.25, 0.3) is 10.0 Å². The Balaban J connectivity index is 1.24. The van der Waals surface area contributed by atoms with Crippen LogP contribution in [0.1, 0.15) is 83.0 Å². The van der Waals surface area contributed by atoms with E-state index in [1.807, 2.05) is 36.4 Å². The van der Waals surface area contributed by atoms with E-state index >= 15 is 0 Å². The monoisotopic (exact) mass is 938 g/mol. The number of alkyl halides is 3. The molecule has 0 aliphatic heterocycles. The van der Waals surface area contributed by atoms with Crippen LogP contribution in [-0.4, -0.2) is 40.5 Å². The second-order valence-electron chi connectivity index (χ2n) is 17.2. The standard InChI is InChI=1S/C51H53F3N4O6S2/c1-30(2)50(59)64-46-15-11-10-14-45(46)57-44-25-24-43(41-12-8-9-13-42(41)44)47(36-16-20-38(21-17-36)55-48-32(4)26-31(3)27-33(48)5)37-18-22-39(23-19-37)56-49-34(6)28-40(29-35(49)7)65(60,61)58-66(62,63)51(52,53)54/h8-9,12-13,16-29,45-47,55-58H,1,10-11,14-15H2,2-7H3. The van der Waals surface area contributed by atoms with Crippen molar-refractivity contribution in [1.29, 1.82) is 0 Å². The van der Waals surface area contributed by atoms with Gasteiger partial charge in [-0.2, -0.15) is 13.2 Å². The molecule has 7 rings (SSSR count). The summed E-state index contributed by atoms with van der Waals surface area (Å²) >= 11 is 0. The van der Waals surface area contributed by atoms with E-state index in [0.717, 1.165) is 97.6 Å². The van der Waals surface area contributed by atoms with Crippen molar-refractivity contribution in [3.8, 4) is 0 Å². The fraction of sp³-hybridized carbons (Fsp3) is 0.275. The lowest BCUT2D eigenvalue weighted by Gasteiger charge is -2.33. The summed E-state index contributed by atoms with van der Waals surface area (Å²) in [6.07, 6.45) is 3.29. The van der Waals surface area contributed by atoms with Crippen LogP contribution < -0.4 is 20.1 Å². The van der Waals surface area contributed by atoms with Crippen molar-refractivity contribution in [2.24, 2.45) is 0 Å². The predicted molar refractivity (Wildman–Crippen MR) is 257 cm³/mol. The van der Waals surface area contributed by atoms with Gasteiger partial charge in [-0.1, -0.05) is 89.4 Å². The van der Waals surface area contributed by atoms with Gasteiger partial charge < -0.3 is 20.7 Å². The lowest BCUT2D eigenvalue weighted by molar-refractivity contribution is -0.146. The summed E-state index contributed by atoms with van der Waals surface area (Å²) < 4.78 is 94.6. The number of carbonyl (C=O) groups excluding carboxylic acids is 1. The zero-order valence-corrected chi connectivity index (χ0v) is 39.2. The molecule has 6 aromatic carbocycles. The van der Waals surface area contributed by atoms with Gasteiger partial charge >= 0.3 is 21.5 Å². The molecule has 0 saturated heterocycles. The van der Waals surface area contributed by atoms with Crippen LogP contribution in [0, 0.1) is 34.6 Å². The largest absolute Gasteiger partial charge is 0.512 e. The molecule has 0 amide bonds. The van der Waals surface area contributed by atoms with E-state index in [2.05, 4.69) is 104 Å². The number of nitrogens with one attached hydrogen (secondary N) is 4. The minimum Gasteiger partial charge on any atom is -0.457 e. The molecule has 1 aliphatic rings. The molecule has 0 radical (unpaired) electrons. The lowest BCUT2D eigenvalue weighted by atomic mass is 9.82. The Hall–Kier alpha value is -6.16. The van der Waals surface area contributed by atoms with Crippen molar-refractivity contribution in [2.75, 3.05) is 16.0 Å². The summed E-state index contributed by atoms with van der Waals surface area (Å²) in [5.74, 6) is -0.639. The first-order chi connectivity index (χ1) is 31.1. The Bertz CT molecular complexity index is 3000. The molecule has 3 unspecified atom stereocenters. The van der Waals surface area contributed by atoms with Crippen LogP contribution in [0.4, 0.5) is 41.6 Å². The van der Waals surface area contributed by atoms with E-state index < -0.39 is 36.4 Å². The number of rotatable bonds is 14. The average Bonchev–Trinajstić information content (AvgIpc) is 3.25. The van der Waals surface area contributed by atoms with E-state index in [-0.39, 0.29) is 18.1 Å². The number of anilines is 5. The van der Waals surface area contributed by atoms with Crippen molar-refractivity contribution in [3.63, 3.8) is 0 Å². The number of aryl methyl sites for hydroxylation is 5. The van der Waals surface area contributed by atoms with Gasteiger partial charge in [-0.3, -0.25) is 0 Å². The third-order valence-electron chi connectivity index (χ3n) is 12.0. The highest BCUT2D eigenvalue weighted by molar-refractivity contribution is 8.05. The predicted octanol–water partition coefficient (Wildman–Crippen LogP) is 12.0. The summed E-state index contributed by atoms with van der Waals surface area (Å²) in [6.45, 7) is 14.8. The summed E-state index contributed by atoms with van der Waals surface area (Å²) in [6, 6.07) is 35.1. The third-order valence-corrected chi connectivity index (χ3v) is 15.2. The highest BCUT2D eigenvalue weighted by atomic mass is 32.3. The first-order valence-electron chi connectivity index (χ1n) is 21.5. The van der Waals surface area contributed by atoms with Crippen LogP contribution in [0.5, 0.6) is 0 Å². The molecule has 15 heteroatoms. The van der Waals surface area contributed by atoms with E-state index in [1.54, 1.807) is 20.8 Å². The molecule has 1 saturated carbocycles. The number of esters is 1. The van der Waals surface area contributed by atoms with Gasteiger partial charge in [0.2, 0.25) is 0 Å². The highest BCUT2D eigenvalue weighted by Crippen LogP contribution is 2.41. The normalized spacial score (nSPS) is 16.1. The Labute approximate surface area is 384 Å². The number of ether oxygens (including phenoxy) is 1. The fourth-order valence-electron chi connectivity index (χ4n) is 8.79. The maximum Gasteiger partial charge on any atom is 0.512 e. The van der Waals surface area contributed by atoms with Crippen molar-refractivity contribution in [3.05, 3.63) is 166 Å². The molecule has 1 fully saturated rings. The number of fused-ring (bicyclic) bond motifs is 1. The summed E-state index contributed by atoms with van der Waals surface area (Å²) in [5, 5.41) is 12.7. The molecule has 4 N–H and O–H groups in total. The van der Waals surface area contributed by atoms with Crippen LogP contribution in [0.2, 0.25) is 0 Å². The van der Waals surface area contributed by atoms with Gasteiger partial charge in [-0.25, -0.2) is 21.6 Å². The summed E-state index contributed by atoms with van der Waals surface area (Å²) in [4.78, 5) is 12.0. The highest BCUT2D eigenvalue weighted by Gasteiger charge is 2.48. The van der Waals surface area contributed by atoms with Gasteiger partial charge in [0.1, 0.15) is 6.10 Å². The van der Waals surface area contributed by atoms with Crippen LogP contribution in [0.3, 0.4) is 0 Å². The molecular weight excluding hydrogens is 886 g/mol. The maximum atomic E-state index is 13.0. The smallest absolute Gasteiger partial charge is 0.457 e. The van der Waals surface area contributed by atoms with Crippen LogP contribution in [0.25, 0.3) is 10.8 Å². The number of sulfonamides is 2. The average molecular weight is 939 g/mol. The first kappa shape index (κ1) is 47.8. The second-order valence-corrected chi connectivity index (χ2v) is 20.8. The number of hydrogen-bond acceptors (Lipinski definition) is 9. The van der Waals surface area contributed by atoms with Gasteiger partial charge in [0.15, 0.2) is 0 Å². The van der Waals surface area contributed by atoms with Gasteiger partial charge in [0.05, 0.1) is 10.9 Å². The van der Waals surface area contributed by atoms with Crippen LogP contribution >= 0.6 is 0 Å². The molecule has 0 heterocycles. The Morgan fingerprint density at radius 1 is 0.697 bits per heavy atom. The minimum atomic E-state index is -6.17. The number of benzene rings is 6. The van der Waals surface area contributed by atoms with Gasteiger partial charge in [-0.05, 0) is 148 Å². The number of halogens is 3. The molecule has 0 aromatic heterocycles. The van der Waals surface area contributed by atoms with E-state index in [1.165, 1.54) is 5.56 Å². The fourth-order valence-corrected chi connectivity index (χ4v) is 11.4. The molecule has 10 nitrogen and oxygen atoms in total. The molecule has 0 spiro atoms. The van der Waals surface area contributed by atoms with Gasteiger partial charge in [-0.15, -0.1) is 0 Å². The molecule has 6 aromatic rings. The molecule has 1 aliphatic carbocycles. The first-order valence-corrected chi connectivity index (χ1v) is 24.5. The van der Waals surface area contributed by atoms with Crippen molar-refractivity contribution in [1.82, 2.24) is 4.13 Å². The maximum absolute atomic E-state index is 13.0. The van der Waals surface area contributed by atoms with E-state index in [9.17, 15) is 34.8 Å². The molecule has 3 atom stereocenters. The molecule has 66 heavy (non-hydrogen) atoms. The zero-order valence-electron chi connectivity index (χ0n) is 37.6. The number of carbonyl (C=O) groups is 1. The molecule has 0 bridgehead atoms. The van der Waals surface area contributed by atoms with Crippen LogP contribution in [-0.2, 0) is 29.6 Å². The van der Waals surface area contributed by atoms with E-state index in [4.69, 9.17) is 4.74 Å². The van der Waals surface area contributed by atoms with Crippen molar-refractivity contribution in [2.45, 2.75) is 95.7 Å².